The Bertz CT molecular complexity index is 816. The minimum Gasteiger partial charge on any atom is -0.497 e. The average Bonchev–Trinajstić information content (AvgIpc) is 2.88. The van der Waals surface area contributed by atoms with Gasteiger partial charge < -0.3 is 9.72 Å². The molecule has 0 unspecified atom stereocenters. The van der Waals surface area contributed by atoms with Crippen LogP contribution in [0.5, 0.6) is 5.75 Å². The number of nitrogens with one attached hydrogen (secondary N) is 1. The molecule has 0 fully saturated rings. The number of aryl methyl sites for hydroxylation is 1. The third kappa shape index (κ3) is 2.59. The van der Waals surface area contributed by atoms with E-state index in [1.807, 2.05) is 43.3 Å². The molecule has 3 nitrogen and oxygen atoms in total. The largest absolute Gasteiger partial charge is 0.497 e. The van der Waals surface area contributed by atoms with Gasteiger partial charge in [-0.25, -0.2) is 0 Å². The number of halogens is 1. The number of hydrogen-bond donors (Lipinski definition) is 1. The van der Waals surface area contributed by atoms with Crippen molar-refractivity contribution in [3.05, 3.63) is 63.8 Å². The van der Waals surface area contributed by atoms with Crippen LogP contribution in [0.25, 0.3) is 10.9 Å². The molecule has 21 heavy (non-hydrogen) atoms. The molecule has 1 N–H and O–H groups in total. The third-order valence-electron chi connectivity index (χ3n) is 3.44. The van der Waals surface area contributed by atoms with E-state index in [-0.39, 0.29) is 5.78 Å². The second-order valence-electron chi connectivity index (χ2n) is 4.96. The van der Waals surface area contributed by atoms with Gasteiger partial charge in [0.15, 0.2) is 5.78 Å². The molecule has 0 saturated carbocycles. The maximum Gasteiger partial charge on any atom is 0.195 e. The van der Waals surface area contributed by atoms with Gasteiger partial charge in [-0.1, -0.05) is 15.9 Å². The summed E-state index contributed by atoms with van der Waals surface area (Å²) in [5.41, 5.74) is 3.29. The predicted octanol–water partition coefficient (Wildman–Crippen LogP) is 4.48. The van der Waals surface area contributed by atoms with E-state index in [1.165, 1.54) is 0 Å². The predicted molar refractivity (Wildman–Crippen MR) is 87.2 cm³/mol. The number of fused-ring (bicyclic) bond motifs is 1. The van der Waals surface area contributed by atoms with E-state index in [0.29, 0.717) is 11.1 Å². The number of H-pyrrole nitrogens is 1. The second kappa shape index (κ2) is 5.37. The topological polar surface area (TPSA) is 42.1 Å². The average molecular weight is 344 g/mol. The van der Waals surface area contributed by atoms with Gasteiger partial charge in [0.2, 0.25) is 0 Å². The SMILES string of the molecule is COc1ccc2[nH]cc(C(=O)c3cc(C)cc(Br)c3)c2c1. The van der Waals surface area contributed by atoms with Crippen LogP contribution in [0, 0.1) is 6.92 Å². The molecule has 0 bridgehead atoms. The number of hydrogen-bond acceptors (Lipinski definition) is 2. The summed E-state index contributed by atoms with van der Waals surface area (Å²) in [5.74, 6) is 0.737. The Balaban J connectivity index is 2.13. The molecule has 2 aromatic carbocycles. The van der Waals surface area contributed by atoms with Crippen molar-refractivity contribution in [2.24, 2.45) is 0 Å². The van der Waals surface area contributed by atoms with Crippen molar-refractivity contribution in [3.8, 4) is 5.75 Å². The highest BCUT2D eigenvalue weighted by Crippen LogP contribution is 2.26. The molecule has 1 heterocycles. The smallest absolute Gasteiger partial charge is 0.195 e. The van der Waals surface area contributed by atoms with E-state index in [2.05, 4.69) is 20.9 Å². The molecule has 3 rings (SSSR count). The van der Waals surface area contributed by atoms with Gasteiger partial charge in [-0.15, -0.1) is 0 Å². The normalized spacial score (nSPS) is 10.8. The van der Waals surface area contributed by atoms with Crippen molar-refractivity contribution >= 4 is 32.6 Å². The quantitative estimate of drug-likeness (QED) is 0.712. The van der Waals surface area contributed by atoms with Gasteiger partial charge in [0, 0.05) is 32.7 Å². The fraction of sp³-hybridized carbons (Fsp3) is 0.118. The number of aromatic amines is 1. The molecule has 1 aromatic heterocycles. The first kappa shape index (κ1) is 13.9. The van der Waals surface area contributed by atoms with Gasteiger partial charge in [0.05, 0.1) is 7.11 Å². The second-order valence-corrected chi connectivity index (χ2v) is 5.88. The molecule has 106 valence electrons. The van der Waals surface area contributed by atoms with Crippen molar-refractivity contribution in [3.63, 3.8) is 0 Å². The highest BCUT2D eigenvalue weighted by molar-refractivity contribution is 9.10. The van der Waals surface area contributed by atoms with Gasteiger partial charge in [-0.3, -0.25) is 4.79 Å². The van der Waals surface area contributed by atoms with Crippen LogP contribution in [0.1, 0.15) is 21.5 Å². The number of ketones is 1. The number of rotatable bonds is 3. The molecule has 0 aliphatic carbocycles. The molecule has 3 aromatic rings. The van der Waals surface area contributed by atoms with Gasteiger partial charge >= 0.3 is 0 Å². The zero-order valence-electron chi connectivity index (χ0n) is 11.7. The van der Waals surface area contributed by atoms with E-state index in [4.69, 9.17) is 4.74 Å². The van der Waals surface area contributed by atoms with Crippen LogP contribution in [0.2, 0.25) is 0 Å². The zero-order chi connectivity index (χ0) is 15.0. The van der Waals surface area contributed by atoms with Crippen molar-refractivity contribution in [2.75, 3.05) is 7.11 Å². The van der Waals surface area contributed by atoms with Crippen LogP contribution in [0.3, 0.4) is 0 Å². The number of benzene rings is 2. The Kier molecular flexibility index (Phi) is 3.55. The van der Waals surface area contributed by atoms with Crippen molar-refractivity contribution in [1.29, 1.82) is 0 Å². The molecule has 0 atom stereocenters. The first-order valence-electron chi connectivity index (χ1n) is 6.55. The summed E-state index contributed by atoms with van der Waals surface area (Å²) >= 11 is 3.44. The van der Waals surface area contributed by atoms with Crippen LogP contribution in [-0.2, 0) is 0 Å². The van der Waals surface area contributed by atoms with Gasteiger partial charge in [0.1, 0.15) is 5.75 Å². The number of aromatic nitrogens is 1. The summed E-state index contributed by atoms with van der Waals surface area (Å²) in [6.45, 7) is 1.97. The summed E-state index contributed by atoms with van der Waals surface area (Å²) < 4.78 is 6.14. The van der Waals surface area contributed by atoms with Gasteiger partial charge in [-0.2, -0.15) is 0 Å². The molecule has 0 saturated heterocycles. The molecule has 0 spiro atoms. The first-order chi connectivity index (χ1) is 10.1. The lowest BCUT2D eigenvalue weighted by molar-refractivity contribution is 0.104. The Morgan fingerprint density at radius 1 is 1.19 bits per heavy atom. The van der Waals surface area contributed by atoms with Crippen LogP contribution >= 0.6 is 15.9 Å². The van der Waals surface area contributed by atoms with E-state index in [0.717, 1.165) is 26.7 Å². The van der Waals surface area contributed by atoms with Crippen molar-refractivity contribution in [1.82, 2.24) is 4.98 Å². The lowest BCUT2D eigenvalue weighted by Crippen LogP contribution is -2.01. The van der Waals surface area contributed by atoms with Crippen LogP contribution < -0.4 is 4.74 Å². The summed E-state index contributed by atoms with van der Waals surface area (Å²) in [6.07, 6.45) is 1.75. The Morgan fingerprint density at radius 2 is 2.00 bits per heavy atom. The van der Waals surface area contributed by atoms with Gasteiger partial charge in [0.25, 0.3) is 0 Å². The lowest BCUT2D eigenvalue weighted by Gasteiger charge is -2.04. The number of carbonyl (C=O) groups excluding carboxylic acids is 1. The third-order valence-corrected chi connectivity index (χ3v) is 3.90. The molecule has 0 aliphatic rings. The van der Waals surface area contributed by atoms with E-state index >= 15 is 0 Å². The molecular weight excluding hydrogens is 330 g/mol. The fourth-order valence-corrected chi connectivity index (χ4v) is 3.05. The van der Waals surface area contributed by atoms with Crippen LogP contribution in [-0.4, -0.2) is 17.9 Å². The summed E-state index contributed by atoms with van der Waals surface area (Å²) in [6, 6.07) is 11.4. The van der Waals surface area contributed by atoms with Crippen molar-refractivity contribution < 1.29 is 9.53 Å². The molecule has 0 aliphatic heterocycles. The van der Waals surface area contributed by atoms with Crippen LogP contribution in [0.4, 0.5) is 0 Å². The zero-order valence-corrected chi connectivity index (χ0v) is 13.3. The van der Waals surface area contributed by atoms with E-state index in [1.54, 1.807) is 13.3 Å². The van der Waals surface area contributed by atoms with Crippen molar-refractivity contribution in [2.45, 2.75) is 6.92 Å². The fourth-order valence-electron chi connectivity index (χ4n) is 2.44. The monoisotopic (exact) mass is 343 g/mol. The molecule has 0 amide bonds. The lowest BCUT2D eigenvalue weighted by atomic mass is 10.0. The summed E-state index contributed by atoms with van der Waals surface area (Å²) in [5, 5.41) is 0.872. The maximum atomic E-state index is 12.7. The minimum absolute atomic E-state index is 0.00102. The minimum atomic E-state index is -0.00102. The molecule has 4 heteroatoms. The first-order valence-corrected chi connectivity index (χ1v) is 7.35. The summed E-state index contributed by atoms with van der Waals surface area (Å²) in [4.78, 5) is 15.9. The van der Waals surface area contributed by atoms with Gasteiger partial charge in [-0.05, 0) is 48.9 Å². The van der Waals surface area contributed by atoms with E-state index < -0.39 is 0 Å². The van der Waals surface area contributed by atoms with Crippen LogP contribution in [0.15, 0.2) is 47.1 Å². The molecule has 0 radical (unpaired) electrons. The standard InChI is InChI=1S/C17H14BrNO2/c1-10-5-11(7-12(18)6-10)17(20)15-9-19-16-4-3-13(21-2)8-14(15)16/h3-9,19H,1-2H3. The Hall–Kier alpha value is -2.07. The highest BCUT2D eigenvalue weighted by Gasteiger charge is 2.15. The maximum absolute atomic E-state index is 12.7. The molecular formula is C17H14BrNO2. The number of methoxy groups -OCH3 is 1. The number of carbonyl (C=O) groups is 1. The Morgan fingerprint density at radius 3 is 2.71 bits per heavy atom. The highest BCUT2D eigenvalue weighted by atomic mass is 79.9. The summed E-state index contributed by atoms with van der Waals surface area (Å²) in [7, 11) is 1.62. The number of ether oxygens (including phenoxy) is 1. The van der Waals surface area contributed by atoms with E-state index in [9.17, 15) is 4.79 Å². The Labute approximate surface area is 131 Å².